The molecule has 0 atom stereocenters. The minimum atomic E-state index is -1.19. The minimum Gasteiger partial charge on any atom is -0.488 e. The van der Waals surface area contributed by atoms with Gasteiger partial charge in [0.1, 0.15) is 23.7 Å². The second-order valence-electron chi connectivity index (χ2n) is 3.98. The smallest absolute Gasteiger partial charge is 0.339 e. The lowest BCUT2D eigenvalue weighted by Gasteiger charge is -2.10. The highest BCUT2D eigenvalue weighted by atomic mass is 35.5. The molecule has 0 aromatic heterocycles. The van der Waals surface area contributed by atoms with E-state index in [4.69, 9.17) is 33.0 Å². The number of carbonyl (C=O) groups is 1. The number of carboxylic acid groups (broad SMARTS) is 1. The molecule has 0 bridgehead atoms. The van der Waals surface area contributed by atoms with Crippen LogP contribution in [-0.4, -0.2) is 11.1 Å². The molecule has 2 aromatic carbocycles. The van der Waals surface area contributed by atoms with Gasteiger partial charge in [0, 0.05) is 6.07 Å². The SMILES string of the molecule is O=C(O)c1ccc(F)cc1OCc1ccc(Cl)c(Cl)c1. The van der Waals surface area contributed by atoms with Gasteiger partial charge in [-0.15, -0.1) is 0 Å². The topological polar surface area (TPSA) is 46.5 Å². The van der Waals surface area contributed by atoms with Gasteiger partial charge in [-0.2, -0.15) is 0 Å². The highest BCUT2D eigenvalue weighted by Crippen LogP contribution is 2.25. The Bertz CT molecular complexity index is 659. The molecule has 2 aromatic rings. The Balaban J connectivity index is 2.20. The maximum atomic E-state index is 13.1. The van der Waals surface area contributed by atoms with E-state index < -0.39 is 11.8 Å². The molecule has 1 N–H and O–H groups in total. The van der Waals surface area contributed by atoms with Gasteiger partial charge in [0.25, 0.3) is 0 Å². The first-order chi connectivity index (χ1) is 9.47. The summed E-state index contributed by atoms with van der Waals surface area (Å²) in [4.78, 5) is 11.0. The van der Waals surface area contributed by atoms with Crippen molar-refractivity contribution < 1.29 is 19.0 Å². The van der Waals surface area contributed by atoms with Gasteiger partial charge in [-0.05, 0) is 29.8 Å². The van der Waals surface area contributed by atoms with E-state index in [1.54, 1.807) is 18.2 Å². The summed E-state index contributed by atoms with van der Waals surface area (Å²) in [5.74, 6) is -1.79. The standard InChI is InChI=1S/C14H9Cl2FO3/c15-11-4-1-8(5-12(11)16)7-20-13-6-9(17)2-3-10(13)14(18)19/h1-6H,7H2,(H,18,19). The van der Waals surface area contributed by atoms with Crippen LogP contribution in [0.1, 0.15) is 15.9 Å². The number of hydrogen-bond acceptors (Lipinski definition) is 2. The molecule has 0 aliphatic rings. The summed E-state index contributed by atoms with van der Waals surface area (Å²) in [5.41, 5.74) is 0.589. The lowest BCUT2D eigenvalue weighted by molar-refractivity contribution is 0.0691. The van der Waals surface area contributed by atoms with Crippen molar-refractivity contribution in [1.29, 1.82) is 0 Å². The minimum absolute atomic E-state index is 0.0384. The number of benzene rings is 2. The van der Waals surface area contributed by atoms with E-state index in [2.05, 4.69) is 0 Å². The van der Waals surface area contributed by atoms with Crippen molar-refractivity contribution in [3.63, 3.8) is 0 Å². The largest absolute Gasteiger partial charge is 0.488 e. The summed E-state index contributed by atoms with van der Waals surface area (Å²) in [6, 6.07) is 8.14. The molecule has 0 aliphatic heterocycles. The summed E-state index contributed by atoms with van der Waals surface area (Å²) in [6.07, 6.45) is 0. The van der Waals surface area contributed by atoms with E-state index >= 15 is 0 Å². The van der Waals surface area contributed by atoms with E-state index in [0.717, 1.165) is 18.2 Å². The normalized spacial score (nSPS) is 10.3. The fraction of sp³-hybridized carbons (Fsp3) is 0.0714. The summed E-state index contributed by atoms with van der Waals surface area (Å²) < 4.78 is 18.5. The summed E-state index contributed by atoms with van der Waals surface area (Å²) >= 11 is 11.6. The average molecular weight is 315 g/mol. The Labute approximate surface area is 124 Å². The third-order valence-electron chi connectivity index (χ3n) is 2.55. The molecule has 0 heterocycles. The van der Waals surface area contributed by atoms with Crippen LogP contribution in [0.2, 0.25) is 10.0 Å². The van der Waals surface area contributed by atoms with Crippen LogP contribution in [0.4, 0.5) is 4.39 Å². The van der Waals surface area contributed by atoms with E-state index in [9.17, 15) is 9.18 Å². The number of hydrogen-bond donors (Lipinski definition) is 1. The summed E-state index contributed by atoms with van der Waals surface area (Å²) in [6.45, 7) is 0.0562. The van der Waals surface area contributed by atoms with Crippen molar-refractivity contribution in [2.45, 2.75) is 6.61 Å². The van der Waals surface area contributed by atoms with E-state index in [1.807, 2.05) is 0 Å². The molecule has 0 unspecified atom stereocenters. The van der Waals surface area contributed by atoms with Crippen LogP contribution < -0.4 is 4.74 Å². The van der Waals surface area contributed by atoms with Crippen molar-refractivity contribution in [1.82, 2.24) is 0 Å². The van der Waals surface area contributed by atoms with Crippen LogP contribution in [0.3, 0.4) is 0 Å². The highest BCUT2D eigenvalue weighted by molar-refractivity contribution is 6.42. The molecule has 0 fully saturated rings. The number of carboxylic acids is 1. The summed E-state index contributed by atoms with van der Waals surface area (Å²) in [7, 11) is 0. The van der Waals surface area contributed by atoms with Gasteiger partial charge in [0.05, 0.1) is 10.0 Å². The van der Waals surface area contributed by atoms with E-state index in [-0.39, 0.29) is 17.9 Å². The Morgan fingerprint density at radius 2 is 1.90 bits per heavy atom. The molecule has 0 saturated heterocycles. The van der Waals surface area contributed by atoms with Crippen LogP contribution >= 0.6 is 23.2 Å². The quantitative estimate of drug-likeness (QED) is 0.909. The monoisotopic (exact) mass is 314 g/mol. The van der Waals surface area contributed by atoms with Gasteiger partial charge in [-0.3, -0.25) is 0 Å². The Morgan fingerprint density at radius 1 is 1.15 bits per heavy atom. The molecular formula is C14H9Cl2FO3. The predicted octanol–water partition coefficient (Wildman–Crippen LogP) is 4.41. The first-order valence-corrected chi connectivity index (χ1v) is 6.32. The molecular weight excluding hydrogens is 306 g/mol. The Morgan fingerprint density at radius 3 is 2.55 bits per heavy atom. The number of aromatic carboxylic acids is 1. The number of rotatable bonds is 4. The van der Waals surface area contributed by atoms with E-state index in [0.29, 0.717) is 15.6 Å². The first-order valence-electron chi connectivity index (χ1n) is 5.57. The number of halogens is 3. The molecule has 104 valence electrons. The van der Waals surface area contributed by atoms with Gasteiger partial charge in [0.2, 0.25) is 0 Å². The third-order valence-corrected chi connectivity index (χ3v) is 3.29. The molecule has 0 spiro atoms. The molecule has 0 saturated carbocycles. The van der Waals surface area contributed by atoms with Gasteiger partial charge in [0.15, 0.2) is 0 Å². The van der Waals surface area contributed by atoms with Gasteiger partial charge in [-0.1, -0.05) is 29.3 Å². The second kappa shape index (κ2) is 6.11. The van der Waals surface area contributed by atoms with Gasteiger partial charge in [-0.25, -0.2) is 9.18 Å². The molecule has 2 rings (SSSR count). The predicted molar refractivity (Wildman–Crippen MR) is 74.2 cm³/mol. The highest BCUT2D eigenvalue weighted by Gasteiger charge is 2.12. The van der Waals surface area contributed by atoms with Crippen LogP contribution in [0.25, 0.3) is 0 Å². The van der Waals surface area contributed by atoms with Crippen LogP contribution in [0, 0.1) is 5.82 Å². The zero-order valence-electron chi connectivity index (χ0n) is 10.1. The molecule has 6 heteroatoms. The van der Waals surface area contributed by atoms with E-state index in [1.165, 1.54) is 0 Å². The van der Waals surface area contributed by atoms with Crippen LogP contribution in [0.15, 0.2) is 36.4 Å². The molecule has 3 nitrogen and oxygen atoms in total. The molecule has 0 amide bonds. The van der Waals surface area contributed by atoms with Gasteiger partial charge >= 0.3 is 5.97 Å². The van der Waals surface area contributed by atoms with Crippen molar-refractivity contribution in [3.8, 4) is 5.75 Å². The number of ether oxygens (including phenoxy) is 1. The first kappa shape index (κ1) is 14.6. The maximum absolute atomic E-state index is 13.1. The second-order valence-corrected chi connectivity index (χ2v) is 4.80. The Kier molecular flexibility index (Phi) is 4.47. The zero-order chi connectivity index (χ0) is 14.7. The van der Waals surface area contributed by atoms with Crippen LogP contribution in [-0.2, 0) is 6.61 Å². The summed E-state index contributed by atoms with van der Waals surface area (Å²) in [5, 5.41) is 9.77. The lowest BCUT2D eigenvalue weighted by Crippen LogP contribution is -2.04. The van der Waals surface area contributed by atoms with Gasteiger partial charge < -0.3 is 9.84 Å². The maximum Gasteiger partial charge on any atom is 0.339 e. The lowest BCUT2D eigenvalue weighted by atomic mass is 10.2. The fourth-order valence-corrected chi connectivity index (χ4v) is 1.90. The molecule has 20 heavy (non-hydrogen) atoms. The van der Waals surface area contributed by atoms with Crippen molar-refractivity contribution >= 4 is 29.2 Å². The van der Waals surface area contributed by atoms with Crippen molar-refractivity contribution in [3.05, 3.63) is 63.4 Å². The average Bonchev–Trinajstić information content (AvgIpc) is 2.40. The fourth-order valence-electron chi connectivity index (χ4n) is 1.58. The third kappa shape index (κ3) is 3.40. The van der Waals surface area contributed by atoms with Crippen molar-refractivity contribution in [2.24, 2.45) is 0 Å². The van der Waals surface area contributed by atoms with Crippen molar-refractivity contribution in [2.75, 3.05) is 0 Å². The molecule has 0 aliphatic carbocycles. The molecule has 0 radical (unpaired) electrons. The van der Waals surface area contributed by atoms with Crippen LogP contribution in [0.5, 0.6) is 5.75 Å². The Hall–Kier alpha value is -1.78. The zero-order valence-corrected chi connectivity index (χ0v) is 11.6.